The van der Waals surface area contributed by atoms with Gasteiger partial charge in [-0.05, 0) is 21.5 Å². The summed E-state index contributed by atoms with van der Waals surface area (Å²) >= 11 is 5.69. The predicted octanol–water partition coefficient (Wildman–Crippen LogP) is 1.94. The van der Waals surface area contributed by atoms with Crippen LogP contribution >= 0.6 is 21.0 Å². The standard InChI is InChI=1S/C5H6ClN2P/c6-4-2-1-3-7-5(4)8-9/h1-3H,9H2,(H,7,8). The Balaban J connectivity index is 3.01. The molecule has 0 aliphatic carbocycles. The normalized spacial score (nSPS) is 9.11. The van der Waals surface area contributed by atoms with Crippen LogP contribution < -0.4 is 5.09 Å². The van der Waals surface area contributed by atoms with Crippen LogP contribution in [-0.4, -0.2) is 4.98 Å². The van der Waals surface area contributed by atoms with Crippen molar-refractivity contribution in [3.05, 3.63) is 23.4 Å². The molecular weight excluding hydrogens is 154 g/mol. The second kappa shape index (κ2) is 3.00. The predicted molar refractivity (Wildman–Crippen MR) is 42.6 cm³/mol. The number of hydrogen-bond donors (Lipinski definition) is 1. The minimum atomic E-state index is 0.632. The lowest BCUT2D eigenvalue weighted by molar-refractivity contribution is 1.34. The average Bonchev–Trinajstić information content (AvgIpc) is 1.89. The average molecular weight is 161 g/mol. The molecule has 0 radical (unpaired) electrons. The Labute approximate surface area is 60.9 Å². The minimum absolute atomic E-state index is 0.632. The van der Waals surface area contributed by atoms with E-state index in [1.807, 2.05) is 0 Å². The number of anilines is 1. The molecule has 1 heterocycles. The summed E-state index contributed by atoms with van der Waals surface area (Å²) in [5, 5.41) is 3.40. The molecule has 48 valence electrons. The lowest BCUT2D eigenvalue weighted by Gasteiger charge is -1.97. The Morgan fingerprint density at radius 1 is 1.67 bits per heavy atom. The number of halogens is 1. The van der Waals surface area contributed by atoms with E-state index in [-0.39, 0.29) is 0 Å². The molecule has 4 heteroatoms. The smallest absolute Gasteiger partial charge is 0.147 e. The number of aromatic nitrogens is 1. The third kappa shape index (κ3) is 1.54. The lowest BCUT2D eigenvalue weighted by atomic mass is 10.5. The van der Waals surface area contributed by atoms with Crippen molar-refractivity contribution in [2.24, 2.45) is 0 Å². The topological polar surface area (TPSA) is 24.9 Å². The van der Waals surface area contributed by atoms with E-state index in [1.165, 1.54) is 0 Å². The van der Waals surface area contributed by atoms with Crippen LogP contribution in [0.1, 0.15) is 0 Å². The molecule has 0 spiro atoms. The Morgan fingerprint density at radius 3 is 2.89 bits per heavy atom. The molecule has 0 amide bonds. The number of rotatable bonds is 1. The van der Waals surface area contributed by atoms with E-state index in [0.717, 1.165) is 0 Å². The van der Waals surface area contributed by atoms with Crippen molar-refractivity contribution >= 4 is 26.8 Å². The van der Waals surface area contributed by atoms with E-state index in [0.29, 0.717) is 10.8 Å². The number of hydrogen-bond acceptors (Lipinski definition) is 2. The van der Waals surface area contributed by atoms with Gasteiger partial charge in [0.15, 0.2) is 0 Å². The van der Waals surface area contributed by atoms with Crippen molar-refractivity contribution in [1.82, 2.24) is 4.98 Å². The summed E-state index contributed by atoms with van der Waals surface area (Å²) in [4.78, 5) is 3.93. The largest absolute Gasteiger partial charge is 0.353 e. The maximum atomic E-state index is 5.69. The molecule has 0 aliphatic heterocycles. The fourth-order valence-corrected chi connectivity index (χ4v) is 0.990. The van der Waals surface area contributed by atoms with Gasteiger partial charge >= 0.3 is 0 Å². The third-order valence-corrected chi connectivity index (χ3v) is 1.47. The van der Waals surface area contributed by atoms with Gasteiger partial charge in [-0.2, -0.15) is 0 Å². The van der Waals surface area contributed by atoms with Crippen LogP contribution in [-0.2, 0) is 0 Å². The van der Waals surface area contributed by atoms with Crippen LogP contribution in [0.15, 0.2) is 18.3 Å². The van der Waals surface area contributed by atoms with Gasteiger partial charge in [-0.25, -0.2) is 4.98 Å². The van der Waals surface area contributed by atoms with Crippen molar-refractivity contribution in [1.29, 1.82) is 0 Å². The molecule has 0 aliphatic rings. The number of nitrogens with zero attached hydrogens (tertiary/aromatic N) is 1. The fraction of sp³-hybridized carbons (Fsp3) is 0. The maximum Gasteiger partial charge on any atom is 0.147 e. The molecule has 1 aromatic rings. The van der Waals surface area contributed by atoms with E-state index in [4.69, 9.17) is 11.6 Å². The lowest BCUT2D eigenvalue weighted by Crippen LogP contribution is -1.83. The van der Waals surface area contributed by atoms with E-state index in [1.54, 1.807) is 18.3 Å². The molecule has 1 atom stereocenters. The second-order valence-electron chi connectivity index (χ2n) is 1.48. The first-order chi connectivity index (χ1) is 4.34. The van der Waals surface area contributed by atoms with E-state index >= 15 is 0 Å². The molecule has 0 fully saturated rings. The summed E-state index contributed by atoms with van der Waals surface area (Å²) in [6.07, 6.45) is 1.68. The van der Waals surface area contributed by atoms with Crippen LogP contribution in [0, 0.1) is 0 Å². The van der Waals surface area contributed by atoms with Gasteiger partial charge in [-0.3, -0.25) is 0 Å². The monoisotopic (exact) mass is 160 g/mol. The summed E-state index contributed by atoms with van der Waals surface area (Å²) in [7, 11) is 2.33. The molecule has 0 saturated heterocycles. The highest BCUT2D eigenvalue weighted by atomic mass is 35.5. The highest BCUT2D eigenvalue weighted by Gasteiger charge is 1.93. The molecule has 0 bridgehead atoms. The van der Waals surface area contributed by atoms with Crippen molar-refractivity contribution in [3.8, 4) is 0 Å². The van der Waals surface area contributed by atoms with Gasteiger partial charge in [0.25, 0.3) is 0 Å². The quantitative estimate of drug-likeness (QED) is 0.635. The highest BCUT2D eigenvalue weighted by Crippen LogP contribution is 2.17. The Morgan fingerprint density at radius 2 is 2.44 bits per heavy atom. The van der Waals surface area contributed by atoms with Crippen LogP contribution in [0.5, 0.6) is 0 Å². The molecule has 1 rings (SSSR count). The van der Waals surface area contributed by atoms with Crippen molar-refractivity contribution in [2.45, 2.75) is 0 Å². The molecule has 9 heavy (non-hydrogen) atoms. The summed E-state index contributed by atoms with van der Waals surface area (Å²) in [5.74, 6) is 0.684. The number of nitrogens with one attached hydrogen (secondary N) is 1. The molecule has 1 unspecified atom stereocenters. The summed E-state index contributed by atoms with van der Waals surface area (Å²) < 4.78 is 0. The first-order valence-electron chi connectivity index (χ1n) is 2.41. The molecule has 2 nitrogen and oxygen atoms in total. The van der Waals surface area contributed by atoms with Crippen molar-refractivity contribution < 1.29 is 0 Å². The third-order valence-electron chi connectivity index (χ3n) is 0.895. The Kier molecular flexibility index (Phi) is 2.26. The fourth-order valence-electron chi connectivity index (χ4n) is 0.492. The number of pyridine rings is 1. The molecule has 0 saturated carbocycles. The highest BCUT2D eigenvalue weighted by molar-refractivity contribution is 7.18. The van der Waals surface area contributed by atoms with Gasteiger partial charge in [0, 0.05) is 6.20 Å². The van der Waals surface area contributed by atoms with Crippen LogP contribution in [0.4, 0.5) is 5.82 Å². The van der Waals surface area contributed by atoms with Crippen molar-refractivity contribution in [3.63, 3.8) is 0 Å². The summed E-state index contributed by atoms with van der Waals surface area (Å²) in [6, 6.07) is 3.56. The summed E-state index contributed by atoms with van der Waals surface area (Å²) in [5.41, 5.74) is 0. The van der Waals surface area contributed by atoms with Gasteiger partial charge in [0.1, 0.15) is 5.82 Å². The molecular formula is C5H6ClN2P. The van der Waals surface area contributed by atoms with Crippen LogP contribution in [0.25, 0.3) is 0 Å². The zero-order chi connectivity index (χ0) is 6.69. The SMILES string of the molecule is PNc1ncccc1Cl. The van der Waals surface area contributed by atoms with Crippen molar-refractivity contribution in [2.75, 3.05) is 5.09 Å². The Bertz CT molecular complexity index is 204. The molecule has 1 aromatic heterocycles. The molecule has 0 aromatic carbocycles. The van der Waals surface area contributed by atoms with E-state index < -0.39 is 0 Å². The summed E-state index contributed by atoms with van der Waals surface area (Å²) in [6.45, 7) is 0. The van der Waals surface area contributed by atoms with Crippen LogP contribution in [0.3, 0.4) is 0 Å². The zero-order valence-corrected chi connectivity index (χ0v) is 6.55. The first kappa shape index (κ1) is 6.79. The van der Waals surface area contributed by atoms with E-state index in [2.05, 4.69) is 19.5 Å². The van der Waals surface area contributed by atoms with Gasteiger partial charge in [0.05, 0.1) is 5.02 Å². The Hall–Kier alpha value is -0.330. The van der Waals surface area contributed by atoms with E-state index in [9.17, 15) is 0 Å². The van der Waals surface area contributed by atoms with Gasteiger partial charge in [-0.15, -0.1) is 0 Å². The minimum Gasteiger partial charge on any atom is -0.353 e. The maximum absolute atomic E-state index is 5.69. The van der Waals surface area contributed by atoms with Crippen LogP contribution in [0.2, 0.25) is 5.02 Å². The zero-order valence-electron chi connectivity index (χ0n) is 4.63. The van der Waals surface area contributed by atoms with Gasteiger partial charge in [0.2, 0.25) is 0 Å². The first-order valence-corrected chi connectivity index (χ1v) is 3.37. The van der Waals surface area contributed by atoms with Gasteiger partial charge in [-0.1, -0.05) is 11.6 Å². The van der Waals surface area contributed by atoms with Gasteiger partial charge < -0.3 is 5.09 Å². The molecule has 1 N–H and O–H groups in total. The second-order valence-corrected chi connectivity index (χ2v) is 2.17.